The molecule has 0 atom stereocenters. The molecule has 0 amide bonds. The van der Waals surface area contributed by atoms with Gasteiger partial charge in [-0.25, -0.2) is 4.98 Å². The fourth-order valence-corrected chi connectivity index (χ4v) is 0.688. The van der Waals surface area contributed by atoms with Gasteiger partial charge in [0.2, 0.25) is 5.88 Å². The van der Waals surface area contributed by atoms with Crippen LogP contribution >= 0.6 is 0 Å². The van der Waals surface area contributed by atoms with Crippen LogP contribution in [0.15, 0.2) is 12.4 Å². The molecule has 0 spiro atoms. The van der Waals surface area contributed by atoms with Crippen molar-refractivity contribution in [1.29, 1.82) is 0 Å². The number of methoxy groups -OCH3 is 1. The molecule has 13 heavy (non-hydrogen) atoms. The third-order valence-electron chi connectivity index (χ3n) is 1.22. The summed E-state index contributed by atoms with van der Waals surface area (Å²) in [5, 5.41) is 10.1. The van der Waals surface area contributed by atoms with Crippen LogP contribution < -0.4 is 28.7 Å². The standard InChI is InChI=1S/C7H8N2O3.Li/c1-12-6-4-8-5(3-9-6)2-7(10)11;/h3-4H,2H2,1H3,(H,10,11);/q;+1/p-1. The zero-order chi connectivity index (χ0) is 8.97. The number of hydrogen-bond acceptors (Lipinski definition) is 5. The van der Waals surface area contributed by atoms with Crippen LogP contribution in [0.3, 0.4) is 0 Å². The molecule has 1 aromatic rings. The van der Waals surface area contributed by atoms with Gasteiger partial charge in [0.1, 0.15) is 0 Å². The minimum Gasteiger partial charge on any atom is -0.550 e. The number of aromatic nitrogens is 2. The fraction of sp³-hybridized carbons (Fsp3) is 0.286. The summed E-state index contributed by atoms with van der Waals surface area (Å²) in [4.78, 5) is 17.7. The molecule has 0 unspecified atom stereocenters. The van der Waals surface area contributed by atoms with Crippen LogP contribution in [0.4, 0.5) is 0 Å². The third kappa shape index (κ3) is 3.92. The Morgan fingerprint density at radius 2 is 2.23 bits per heavy atom. The van der Waals surface area contributed by atoms with Gasteiger partial charge in [0, 0.05) is 12.4 Å². The summed E-state index contributed by atoms with van der Waals surface area (Å²) in [6.45, 7) is 0. The smallest absolute Gasteiger partial charge is 0.550 e. The van der Waals surface area contributed by atoms with Crippen LogP contribution in [0.25, 0.3) is 0 Å². The molecule has 1 heterocycles. The Bertz CT molecular complexity index is 276. The maximum absolute atomic E-state index is 10.1. The normalized spacial score (nSPS) is 8.69. The zero-order valence-electron chi connectivity index (χ0n) is 7.48. The first-order valence-corrected chi connectivity index (χ1v) is 3.27. The van der Waals surface area contributed by atoms with Gasteiger partial charge in [-0.3, -0.25) is 4.98 Å². The van der Waals surface area contributed by atoms with Gasteiger partial charge in [-0.2, -0.15) is 0 Å². The van der Waals surface area contributed by atoms with Crippen molar-refractivity contribution in [2.75, 3.05) is 7.11 Å². The number of carboxylic acids is 1. The van der Waals surface area contributed by atoms with Gasteiger partial charge in [0.15, 0.2) is 0 Å². The van der Waals surface area contributed by atoms with E-state index in [0.29, 0.717) is 11.6 Å². The molecular weight excluding hydrogens is 167 g/mol. The second kappa shape index (κ2) is 5.57. The van der Waals surface area contributed by atoms with Gasteiger partial charge in [-0.15, -0.1) is 0 Å². The third-order valence-corrected chi connectivity index (χ3v) is 1.22. The topological polar surface area (TPSA) is 75.1 Å². The van der Waals surface area contributed by atoms with Crippen molar-refractivity contribution in [2.45, 2.75) is 6.42 Å². The van der Waals surface area contributed by atoms with Crippen molar-refractivity contribution in [1.82, 2.24) is 9.97 Å². The van der Waals surface area contributed by atoms with Gasteiger partial charge >= 0.3 is 18.9 Å². The molecule has 1 rings (SSSR count). The van der Waals surface area contributed by atoms with E-state index in [9.17, 15) is 9.90 Å². The molecule has 0 N–H and O–H groups in total. The van der Waals surface area contributed by atoms with Crippen LogP contribution in [-0.2, 0) is 11.2 Å². The van der Waals surface area contributed by atoms with Gasteiger partial charge < -0.3 is 14.6 Å². The molecule has 0 aromatic carbocycles. The first-order valence-electron chi connectivity index (χ1n) is 3.27. The van der Waals surface area contributed by atoms with E-state index in [-0.39, 0.29) is 25.3 Å². The van der Waals surface area contributed by atoms with Crippen molar-refractivity contribution < 1.29 is 33.5 Å². The van der Waals surface area contributed by atoms with E-state index in [1.807, 2.05) is 0 Å². The number of rotatable bonds is 3. The summed E-state index contributed by atoms with van der Waals surface area (Å²) in [5.74, 6) is -0.813. The number of carbonyl (C=O) groups excluding carboxylic acids is 1. The van der Waals surface area contributed by atoms with E-state index in [1.165, 1.54) is 19.5 Å². The van der Waals surface area contributed by atoms with Crippen molar-refractivity contribution in [3.8, 4) is 5.88 Å². The first-order chi connectivity index (χ1) is 5.72. The van der Waals surface area contributed by atoms with Crippen LogP contribution in [-0.4, -0.2) is 23.0 Å². The predicted octanol–water partition coefficient (Wildman–Crippen LogP) is -4.22. The molecule has 6 heteroatoms. The van der Waals surface area contributed by atoms with Crippen molar-refractivity contribution in [2.24, 2.45) is 0 Å². The summed E-state index contributed by atoms with van der Waals surface area (Å²) in [6.07, 6.45) is 2.48. The molecular formula is C7H7LiN2O3. The quantitative estimate of drug-likeness (QED) is 0.434. The molecule has 0 saturated carbocycles. The van der Waals surface area contributed by atoms with Crippen LogP contribution in [0.1, 0.15) is 5.69 Å². The second-order valence-corrected chi connectivity index (χ2v) is 2.10. The summed E-state index contributed by atoms with van der Waals surface area (Å²) < 4.78 is 4.74. The van der Waals surface area contributed by atoms with Crippen LogP contribution in [0, 0.1) is 0 Å². The van der Waals surface area contributed by atoms with E-state index in [1.54, 1.807) is 0 Å². The average molecular weight is 174 g/mol. The maximum Gasteiger partial charge on any atom is 1.00 e. The number of hydrogen-bond donors (Lipinski definition) is 0. The molecule has 1 aromatic heterocycles. The molecule has 64 valence electrons. The minimum absolute atomic E-state index is 0. The number of nitrogens with zero attached hydrogens (tertiary/aromatic N) is 2. The molecule has 5 nitrogen and oxygen atoms in total. The summed E-state index contributed by atoms with van der Waals surface area (Å²) in [7, 11) is 1.46. The number of ether oxygens (including phenoxy) is 1. The number of carboxylic acid groups (broad SMARTS) is 1. The molecule has 0 saturated heterocycles. The monoisotopic (exact) mass is 174 g/mol. The molecule has 0 radical (unpaired) electrons. The maximum atomic E-state index is 10.1. The molecule has 0 aliphatic rings. The molecule has 0 fully saturated rings. The number of aliphatic carboxylic acids is 1. The zero-order valence-corrected chi connectivity index (χ0v) is 7.48. The molecule has 0 bridgehead atoms. The Morgan fingerprint density at radius 3 is 2.62 bits per heavy atom. The summed E-state index contributed by atoms with van der Waals surface area (Å²) in [6, 6.07) is 0. The van der Waals surface area contributed by atoms with Crippen LogP contribution in [0.2, 0.25) is 0 Å². The van der Waals surface area contributed by atoms with E-state index in [4.69, 9.17) is 4.74 Å². The van der Waals surface area contributed by atoms with Gasteiger partial charge in [-0.1, -0.05) is 0 Å². The molecule has 0 aliphatic heterocycles. The summed E-state index contributed by atoms with van der Waals surface area (Å²) in [5.41, 5.74) is 0.357. The van der Waals surface area contributed by atoms with Crippen molar-refractivity contribution >= 4 is 5.97 Å². The predicted molar refractivity (Wildman–Crippen MR) is 37.3 cm³/mol. The van der Waals surface area contributed by atoms with E-state index < -0.39 is 5.97 Å². The Morgan fingerprint density at radius 1 is 1.54 bits per heavy atom. The van der Waals surface area contributed by atoms with E-state index in [0.717, 1.165) is 0 Å². The largest absolute Gasteiger partial charge is 1.00 e. The first kappa shape index (κ1) is 11.9. The fourth-order valence-electron chi connectivity index (χ4n) is 0.688. The Hall–Kier alpha value is -1.05. The minimum atomic E-state index is -1.17. The number of carbonyl (C=O) groups is 1. The van der Waals surface area contributed by atoms with Gasteiger partial charge in [0.25, 0.3) is 0 Å². The van der Waals surface area contributed by atoms with E-state index >= 15 is 0 Å². The Labute approximate surface area is 87.3 Å². The average Bonchev–Trinajstić information content (AvgIpc) is 2.05. The summed E-state index contributed by atoms with van der Waals surface area (Å²) >= 11 is 0. The van der Waals surface area contributed by atoms with E-state index in [2.05, 4.69) is 9.97 Å². The van der Waals surface area contributed by atoms with Crippen molar-refractivity contribution in [3.05, 3.63) is 18.1 Å². The Balaban J connectivity index is 0.00000144. The molecule has 0 aliphatic carbocycles. The van der Waals surface area contributed by atoms with Crippen molar-refractivity contribution in [3.63, 3.8) is 0 Å². The Kier molecular flexibility index (Phi) is 5.12. The second-order valence-electron chi connectivity index (χ2n) is 2.10. The SMILES string of the molecule is COc1cnc(CC(=O)[O-])cn1.[Li+]. The van der Waals surface area contributed by atoms with Gasteiger partial charge in [-0.05, 0) is 0 Å². The van der Waals surface area contributed by atoms with Gasteiger partial charge in [0.05, 0.1) is 25.2 Å². The van der Waals surface area contributed by atoms with Crippen LogP contribution in [0.5, 0.6) is 5.88 Å².